The average Bonchev–Trinajstić information content (AvgIpc) is 2.46. The SMILES string of the molecule is COc1ccc(CNS(=O)(=O)Cc2ccccc2)cc1. The first-order valence-electron chi connectivity index (χ1n) is 6.23. The molecule has 0 aromatic heterocycles. The molecule has 0 aliphatic rings. The monoisotopic (exact) mass is 291 g/mol. The highest BCUT2D eigenvalue weighted by Crippen LogP contribution is 2.11. The van der Waals surface area contributed by atoms with E-state index in [2.05, 4.69) is 4.72 Å². The van der Waals surface area contributed by atoms with Crippen LogP contribution in [0.25, 0.3) is 0 Å². The topological polar surface area (TPSA) is 55.4 Å². The minimum atomic E-state index is -3.33. The van der Waals surface area contributed by atoms with Gasteiger partial charge in [0.25, 0.3) is 0 Å². The molecule has 0 heterocycles. The molecule has 0 saturated heterocycles. The van der Waals surface area contributed by atoms with Crippen molar-refractivity contribution in [3.8, 4) is 5.75 Å². The lowest BCUT2D eigenvalue weighted by atomic mass is 10.2. The molecule has 2 rings (SSSR count). The molecule has 0 fully saturated rings. The molecule has 0 amide bonds. The van der Waals surface area contributed by atoms with Gasteiger partial charge in [0.1, 0.15) is 5.75 Å². The fourth-order valence-corrected chi connectivity index (χ4v) is 2.90. The molecule has 0 radical (unpaired) electrons. The third kappa shape index (κ3) is 4.36. The third-order valence-electron chi connectivity index (χ3n) is 2.85. The molecule has 0 unspecified atom stereocenters. The summed E-state index contributed by atoms with van der Waals surface area (Å²) in [6.07, 6.45) is 0. The van der Waals surface area contributed by atoms with Crippen molar-refractivity contribution in [2.24, 2.45) is 0 Å². The summed E-state index contributed by atoms with van der Waals surface area (Å²) < 4.78 is 31.6. The van der Waals surface area contributed by atoms with E-state index < -0.39 is 10.0 Å². The third-order valence-corrected chi connectivity index (χ3v) is 4.15. The van der Waals surface area contributed by atoms with E-state index in [9.17, 15) is 8.42 Å². The summed E-state index contributed by atoms with van der Waals surface area (Å²) in [6, 6.07) is 16.4. The lowest BCUT2D eigenvalue weighted by Crippen LogP contribution is -2.24. The Morgan fingerprint density at radius 3 is 2.20 bits per heavy atom. The van der Waals surface area contributed by atoms with Crippen molar-refractivity contribution in [2.45, 2.75) is 12.3 Å². The lowest BCUT2D eigenvalue weighted by Gasteiger charge is -2.07. The number of nitrogens with one attached hydrogen (secondary N) is 1. The fourth-order valence-electron chi connectivity index (χ4n) is 1.78. The maximum Gasteiger partial charge on any atom is 0.216 e. The van der Waals surface area contributed by atoms with Crippen molar-refractivity contribution in [1.29, 1.82) is 0 Å². The van der Waals surface area contributed by atoms with Crippen LogP contribution in [0.4, 0.5) is 0 Å². The second-order valence-electron chi connectivity index (χ2n) is 4.41. The number of hydrogen-bond acceptors (Lipinski definition) is 3. The second kappa shape index (κ2) is 6.54. The van der Waals surface area contributed by atoms with Crippen LogP contribution in [0.1, 0.15) is 11.1 Å². The molecule has 106 valence electrons. The van der Waals surface area contributed by atoms with E-state index in [0.29, 0.717) is 0 Å². The van der Waals surface area contributed by atoms with Gasteiger partial charge in [0.2, 0.25) is 10.0 Å². The summed E-state index contributed by atoms with van der Waals surface area (Å²) >= 11 is 0. The van der Waals surface area contributed by atoms with Crippen LogP contribution in [0.5, 0.6) is 5.75 Å². The van der Waals surface area contributed by atoms with E-state index in [4.69, 9.17) is 4.74 Å². The highest BCUT2D eigenvalue weighted by Gasteiger charge is 2.10. The number of sulfonamides is 1. The van der Waals surface area contributed by atoms with E-state index in [1.807, 2.05) is 30.3 Å². The van der Waals surface area contributed by atoms with Crippen molar-refractivity contribution >= 4 is 10.0 Å². The van der Waals surface area contributed by atoms with Crippen LogP contribution in [-0.2, 0) is 22.3 Å². The number of rotatable bonds is 6. The summed E-state index contributed by atoms with van der Waals surface area (Å²) in [5, 5.41) is 0. The molecule has 0 atom stereocenters. The molecule has 0 aliphatic carbocycles. The zero-order valence-electron chi connectivity index (χ0n) is 11.2. The van der Waals surface area contributed by atoms with Gasteiger partial charge < -0.3 is 4.74 Å². The van der Waals surface area contributed by atoms with E-state index >= 15 is 0 Å². The van der Waals surface area contributed by atoms with Crippen molar-refractivity contribution in [2.75, 3.05) is 7.11 Å². The van der Waals surface area contributed by atoms with Gasteiger partial charge in [0.15, 0.2) is 0 Å². The summed E-state index contributed by atoms with van der Waals surface area (Å²) in [4.78, 5) is 0. The van der Waals surface area contributed by atoms with Gasteiger partial charge in [0, 0.05) is 6.54 Å². The lowest BCUT2D eigenvalue weighted by molar-refractivity contribution is 0.414. The predicted molar refractivity (Wildman–Crippen MR) is 78.9 cm³/mol. The van der Waals surface area contributed by atoms with Crippen LogP contribution in [0.2, 0.25) is 0 Å². The Balaban J connectivity index is 1.95. The molecule has 0 saturated carbocycles. The van der Waals surface area contributed by atoms with E-state index in [1.165, 1.54) is 0 Å². The largest absolute Gasteiger partial charge is 0.497 e. The number of methoxy groups -OCH3 is 1. The molecule has 1 N–H and O–H groups in total. The zero-order valence-corrected chi connectivity index (χ0v) is 12.1. The minimum Gasteiger partial charge on any atom is -0.497 e. The van der Waals surface area contributed by atoms with Crippen molar-refractivity contribution in [1.82, 2.24) is 4.72 Å². The Morgan fingerprint density at radius 1 is 0.950 bits per heavy atom. The predicted octanol–water partition coefficient (Wildman–Crippen LogP) is 2.31. The quantitative estimate of drug-likeness (QED) is 0.888. The Hall–Kier alpha value is -1.85. The van der Waals surface area contributed by atoms with Gasteiger partial charge in [0.05, 0.1) is 12.9 Å². The highest BCUT2D eigenvalue weighted by molar-refractivity contribution is 7.88. The van der Waals surface area contributed by atoms with E-state index in [-0.39, 0.29) is 12.3 Å². The second-order valence-corrected chi connectivity index (χ2v) is 6.22. The molecular weight excluding hydrogens is 274 g/mol. The van der Waals surface area contributed by atoms with Crippen LogP contribution in [0, 0.1) is 0 Å². The first-order chi connectivity index (χ1) is 9.59. The molecule has 20 heavy (non-hydrogen) atoms. The number of hydrogen-bond donors (Lipinski definition) is 1. The standard InChI is InChI=1S/C15H17NO3S/c1-19-15-9-7-13(8-10-15)11-16-20(17,18)12-14-5-3-2-4-6-14/h2-10,16H,11-12H2,1H3. The fraction of sp³-hybridized carbons (Fsp3) is 0.200. The van der Waals surface area contributed by atoms with Gasteiger partial charge in [-0.25, -0.2) is 13.1 Å². The number of ether oxygens (including phenoxy) is 1. The normalized spacial score (nSPS) is 11.2. The molecule has 2 aromatic carbocycles. The van der Waals surface area contributed by atoms with Gasteiger partial charge in [-0.15, -0.1) is 0 Å². The number of benzene rings is 2. The van der Waals surface area contributed by atoms with Gasteiger partial charge in [-0.2, -0.15) is 0 Å². The van der Waals surface area contributed by atoms with Crippen molar-refractivity contribution in [3.05, 3.63) is 65.7 Å². The van der Waals surface area contributed by atoms with Crippen LogP contribution < -0.4 is 9.46 Å². The molecule has 4 nitrogen and oxygen atoms in total. The van der Waals surface area contributed by atoms with Gasteiger partial charge in [-0.3, -0.25) is 0 Å². The Labute approximate surface area is 119 Å². The van der Waals surface area contributed by atoms with Crippen LogP contribution in [-0.4, -0.2) is 15.5 Å². The highest BCUT2D eigenvalue weighted by atomic mass is 32.2. The summed E-state index contributed by atoms with van der Waals surface area (Å²) in [7, 11) is -1.73. The Morgan fingerprint density at radius 2 is 1.60 bits per heavy atom. The van der Waals surface area contributed by atoms with E-state index in [1.54, 1.807) is 31.4 Å². The zero-order chi connectivity index (χ0) is 14.4. The maximum absolute atomic E-state index is 12.0. The average molecular weight is 291 g/mol. The Bertz CT molecular complexity index is 637. The van der Waals surface area contributed by atoms with Crippen LogP contribution in [0.15, 0.2) is 54.6 Å². The Kier molecular flexibility index (Phi) is 4.76. The minimum absolute atomic E-state index is 0.00993. The summed E-state index contributed by atoms with van der Waals surface area (Å²) in [6.45, 7) is 0.277. The van der Waals surface area contributed by atoms with Crippen LogP contribution in [0.3, 0.4) is 0 Å². The van der Waals surface area contributed by atoms with Crippen LogP contribution >= 0.6 is 0 Å². The molecular formula is C15H17NO3S. The van der Waals surface area contributed by atoms with Crippen molar-refractivity contribution < 1.29 is 13.2 Å². The summed E-state index contributed by atoms with van der Waals surface area (Å²) in [5.74, 6) is 0.741. The maximum atomic E-state index is 12.0. The summed E-state index contributed by atoms with van der Waals surface area (Å²) in [5.41, 5.74) is 1.66. The first-order valence-corrected chi connectivity index (χ1v) is 7.88. The molecule has 0 bridgehead atoms. The molecule has 0 aliphatic heterocycles. The van der Waals surface area contributed by atoms with Crippen molar-refractivity contribution in [3.63, 3.8) is 0 Å². The van der Waals surface area contributed by atoms with Gasteiger partial charge >= 0.3 is 0 Å². The van der Waals surface area contributed by atoms with Gasteiger partial charge in [-0.1, -0.05) is 42.5 Å². The molecule has 5 heteroatoms. The smallest absolute Gasteiger partial charge is 0.216 e. The van der Waals surface area contributed by atoms with Gasteiger partial charge in [-0.05, 0) is 23.3 Å². The molecule has 0 spiro atoms. The van der Waals surface area contributed by atoms with E-state index in [0.717, 1.165) is 16.9 Å². The first kappa shape index (κ1) is 14.6. The molecule has 2 aromatic rings.